The average Bonchev–Trinajstić information content (AvgIpc) is 3.21. The van der Waals surface area contributed by atoms with Crippen LogP contribution in [-0.4, -0.2) is 37.4 Å². The van der Waals surface area contributed by atoms with Crippen LogP contribution >= 0.6 is 11.8 Å². The van der Waals surface area contributed by atoms with Gasteiger partial charge in [0.25, 0.3) is 0 Å². The first-order valence-electron chi connectivity index (χ1n) is 8.37. The highest BCUT2D eigenvalue weighted by molar-refractivity contribution is 8.00. The Morgan fingerprint density at radius 2 is 2.08 bits per heavy atom. The van der Waals surface area contributed by atoms with Gasteiger partial charge in [0.1, 0.15) is 0 Å². The molecule has 0 radical (unpaired) electrons. The Balaban J connectivity index is 1.73. The molecule has 3 rings (SSSR count). The van der Waals surface area contributed by atoms with Crippen molar-refractivity contribution in [3.05, 3.63) is 29.3 Å². The predicted molar refractivity (Wildman–Crippen MR) is 94.3 cm³/mol. The maximum atomic E-state index is 12.4. The molecular formula is C17H23N5OS. The lowest BCUT2D eigenvalue weighted by Crippen LogP contribution is -2.37. The highest BCUT2D eigenvalue weighted by atomic mass is 32.2. The van der Waals surface area contributed by atoms with Crippen molar-refractivity contribution in [2.24, 2.45) is 0 Å². The number of aromatic nitrogens is 4. The van der Waals surface area contributed by atoms with Gasteiger partial charge in [0.2, 0.25) is 11.1 Å². The number of tetrazole rings is 1. The molecule has 128 valence electrons. The third-order valence-corrected chi connectivity index (χ3v) is 5.42. The normalized spacial score (nSPS) is 16.3. The van der Waals surface area contributed by atoms with Gasteiger partial charge in [-0.25, -0.2) is 0 Å². The number of carbonyl (C=O) groups is 1. The number of aryl methyl sites for hydroxylation is 2. The Bertz CT molecular complexity index is 724. The molecular weight excluding hydrogens is 322 g/mol. The summed E-state index contributed by atoms with van der Waals surface area (Å²) in [4.78, 5) is 12.4. The minimum atomic E-state index is -0.236. The van der Waals surface area contributed by atoms with Crippen LogP contribution in [0.5, 0.6) is 0 Å². The zero-order valence-electron chi connectivity index (χ0n) is 14.3. The second kappa shape index (κ2) is 7.34. The molecule has 1 N–H and O–H groups in total. The molecule has 0 spiro atoms. The standard InChI is InChI=1S/C17H23N5OS/c1-11-8-9-12(2)15(10-11)22-17(19-20-21-22)24-13(3)16(23)18-14-6-4-5-7-14/h8-10,13-14H,4-7H2,1-3H3,(H,18,23)/t13-/m0/s1. The third-order valence-electron chi connectivity index (χ3n) is 4.39. The van der Waals surface area contributed by atoms with Crippen LogP contribution in [-0.2, 0) is 4.79 Å². The Morgan fingerprint density at radius 1 is 1.33 bits per heavy atom. The lowest BCUT2D eigenvalue weighted by molar-refractivity contribution is -0.120. The van der Waals surface area contributed by atoms with Gasteiger partial charge in [0, 0.05) is 6.04 Å². The highest BCUT2D eigenvalue weighted by Gasteiger charge is 2.23. The predicted octanol–water partition coefficient (Wildman–Crippen LogP) is 2.82. The van der Waals surface area contributed by atoms with Crippen LogP contribution < -0.4 is 5.32 Å². The van der Waals surface area contributed by atoms with Crippen molar-refractivity contribution in [2.45, 2.75) is 62.9 Å². The molecule has 7 heteroatoms. The summed E-state index contributed by atoms with van der Waals surface area (Å²) in [5, 5.41) is 15.5. The number of hydrogen-bond acceptors (Lipinski definition) is 5. The quantitative estimate of drug-likeness (QED) is 0.844. The molecule has 1 aliphatic rings. The van der Waals surface area contributed by atoms with E-state index in [1.54, 1.807) is 4.68 Å². The molecule has 1 fully saturated rings. The Hall–Kier alpha value is -1.89. The molecule has 1 amide bonds. The van der Waals surface area contributed by atoms with Crippen LogP contribution in [0.15, 0.2) is 23.4 Å². The number of nitrogens with one attached hydrogen (secondary N) is 1. The van der Waals surface area contributed by atoms with Crippen LogP contribution in [0.2, 0.25) is 0 Å². The first-order valence-corrected chi connectivity index (χ1v) is 9.25. The van der Waals surface area contributed by atoms with Gasteiger partial charge < -0.3 is 5.32 Å². The minimum absolute atomic E-state index is 0.0578. The van der Waals surface area contributed by atoms with Crippen molar-refractivity contribution >= 4 is 17.7 Å². The van der Waals surface area contributed by atoms with Gasteiger partial charge in [-0.05, 0) is 61.2 Å². The maximum Gasteiger partial charge on any atom is 0.233 e. The Labute approximate surface area is 146 Å². The van der Waals surface area contributed by atoms with Gasteiger partial charge in [-0.15, -0.1) is 5.10 Å². The monoisotopic (exact) mass is 345 g/mol. The average molecular weight is 345 g/mol. The zero-order chi connectivity index (χ0) is 17.1. The second-order valence-electron chi connectivity index (χ2n) is 6.41. The van der Waals surface area contributed by atoms with E-state index in [1.165, 1.54) is 24.6 Å². The SMILES string of the molecule is Cc1ccc(C)c(-n2nnnc2S[C@@H](C)C(=O)NC2CCCC2)c1. The molecule has 6 nitrogen and oxygen atoms in total. The van der Waals surface area contributed by atoms with Gasteiger partial charge in [-0.2, -0.15) is 4.68 Å². The van der Waals surface area contributed by atoms with Gasteiger partial charge >= 0.3 is 0 Å². The maximum absolute atomic E-state index is 12.4. The fourth-order valence-corrected chi connectivity index (χ4v) is 3.76. The fraction of sp³-hybridized carbons (Fsp3) is 0.529. The molecule has 1 atom stereocenters. The van der Waals surface area contributed by atoms with Gasteiger partial charge in [-0.3, -0.25) is 4.79 Å². The third kappa shape index (κ3) is 3.77. The van der Waals surface area contributed by atoms with Crippen molar-refractivity contribution < 1.29 is 4.79 Å². The lowest BCUT2D eigenvalue weighted by Gasteiger charge is -2.16. The van der Waals surface area contributed by atoms with E-state index in [0.717, 1.165) is 29.7 Å². The molecule has 1 aromatic heterocycles. The minimum Gasteiger partial charge on any atom is -0.352 e. The van der Waals surface area contributed by atoms with Crippen molar-refractivity contribution in [3.63, 3.8) is 0 Å². The van der Waals surface area contributed by atoms with Crippen LogP contribution in [0.3, 0.4) is 0 Å². The molecule has 0 aliphatic heterocycles. The molecule has 1 aliphatic carbocycles. The number of amides is 1. The molecule has 1 saturated carbocycles. The fourth-order valence-electron chi connectivity index (χ4n) is 2.95. The number of hydrogen-bond donors (Lipinski definition) is 1. The van der Waals surface area contributed by atoms with Crippen LogP contribution in [0.4, 0.5) is 0 Å². The molecule has 24 heavy (non-hydrogen) atoms. The van der Waals surface area contributed by atoms with Gasteiger partial charge in [0.05, 0.1) is 10.9 Å². The van der Waals surface area contributed by atoms with Crippen molar-refractivity contribution in [3.8, 4) is 5.69 Å². The van der Waals surface area contributed by atoms with E-state index in [4.69, 9.17) is 0 Å². The summed E-state index contributed by atoms with van der Waals surface area (Å²) in [6.45, 7) is 5.97. The largest absolute Gasteiger partial charge is 0.352 e. The summed E-state index contributed by atoms with van der Waals surface area (Å²) in [6.07, 6.45) is 4.58. The van der Waals surface area contributed by atoms with Crippen LogP contribution in [0.1, 0.15) is 43.7 Å². The first-order chi connectivity index (χ1) is 11.5. The zero-order valence-corrected chi connectivity index (χ0v) is 15.1. The molecule has 0 bridgehead atoms. The van der Waals surface area contributed by atoms with Gasteiger partial charge in [-0.1, -0.05) is 36.7 Å². The Kier molecular flexibility index (Phi) is 5.18. The topological polar surface area (TPSA) is 72.7 Å². The molecule has 1 heterocycles. The highest BCUT2D eigenvalue weighted by Crippen LogP contribution is 2.25. The lowest BCUT2D eigenvalue weighted by atomic mass is 10.1. The molecule has 0 unspecified atom stereocenters. The summed E-state index contributed by atoms with van der Waals surface area (Å²) in [5.41, 5.74) is 3.19. The van der Waals surface area contributed by atoms with Crippen molar-refractivity contribution in [1.82, 2.24) is 25.5 Å². The van der Waals surface area contributed by atoms with Crippen LogP contribution in [0, 0.1) is 13.8 Å². The number of thioether (sulfide) groups is 1. The summed E-state index contributed by atoms with van der Waals surface area (Å²) in [7, 11) is 0. The van der Waals surface area contributed by atoms with E-state index < -0.39 is 0 Å². The number of carbonyl (C=O) groups excluding carboxylic acids is 1. The number of nitrogens with zero attached hydrogens (tertiary/aromatic N) is 4. The number of rotatable bonds is 5. The Morgan fingerprint density at radius 3 is 2.83 bits per heavy atom. The molecule has 1 aromatic carbocycles. The van der Waals surface area contributed by atoms with Crippen molar-refractivity contribution in [2.75, 3.05) is 0 Å². The van der Waals surface area contributed by atoms with E-state index in [2.05, 4.69) is 39.0 Å². The smallest absolute Gasteiger partial charge is 0.233 e. The summed E-state index contributed by atoms with van der Waals surface area (Å²) < 4.78 is 1.71. The van der Waals surface area contributed by atoms with Gasteiger partial charge in [0.15, 0.2) is 0 Å². The van der Waals surface area contributed by atoms with Crippen LogP contribution in [0.25, 0.3) is 5.69 Å². The summed E-state index contributed by atoms with van der Waals surface area (Å²) in [5.74, 6) is 0.0578. The van der Waals surface area contributed by atoms with E-state index >= 15 is 0 Å². The van der Waals surface area contributed by atoms with E-state index in [0.29, 0.717) is 11.2 Å². The summed E-state index contributed by atoms with van der Waals surface area (Å²) >= 11 is 1.39. The summed E-state index contributed by atoms with van der Waals surface area (Å²) in [6, 6.07) is 6.50. The molecule has 2 aromatic rings. The van der Waals surface area contributed by atoms with E-state index in [9.17, 15) is 4.79 Å². The van der Waals surface area contributed by atoms with E-state index in [-0.39, 0.29) is 11.2 Å². The van der Waals surface area contributed by atoms with Crippen molar-refractivity contribution in [1.29, 1.82) is 0 Å². The molecule has 0 saturated heterocycles. The van der Waals surface area contributed by atoms with E-state index in [1.807, 2.05) is 20.8 Å². The second-order valence-corrected chi connectivity index (χ2v) is 7.72. The number of benzene rings is 1. The first kappa shape index (κ1) is 17.0.